The van der Waals surface area contributed by atoms with Gasteiger partial charge < -0.3 is 20.5 Å². The van der Waals surface area contributed by atoms with Crippen molar-refractivity contribution in [3.8, 4) is 0 Å². The van der Waals surface area contributed by atoms with E-state index in [-0.39, 0.29) is 24.3 Å². The van der Waals surface area contributed by atoms with Gasteiger partial charge in [0.15, 0.2) is 0 Å². The Morgan fingerprint density at radius 1 is 1.42 bits per heavy atom. The molecule has 2 rings (SSSR count). The number of cyclic esters (lactones) is 1. The zero-order chi connectivity index (χ0) is 13.8. The van der Waals surface area contributed by atoms with E-state index in [9.17, 15) is 9.90 Å². The van der Waals surface area contributed by atoms with E-state index in [0.29, 0.717) is 12.5 Å². The summed E-state index contributed by atoms with van der Waals surface area (Å²) in [6.07, 6.45) is 5.49. The molecule has 0 aromatic heterocycles. The first-order chi connectivity index (χ1) is 9.11. The average molecular weight is 270 g/mol. The number of likely N-dealkylation sites (N-methyl/N-ethyl adjacent to an activating group) is 1. The smallest absolute Gasteiger partial charge is 0.410 e. The number of aliphatic hydroxyl groups excluding tert-OH is 1. The summed E-state index contributed by atoms with van der Waals surface area (Å²) in [7, 11) is 0. The molecule has 2 fully saturated rings. The van der Waals surface area contributed by atoms with Crippen LogP contribution in [0.25, 0.3) is 0 Å². The number of ether oxygens (including phenoxy) is 1. The molecule has 1 amide bonds. The largest absolute Gasteiger partial charge is 0.444 e. The maximum atomic E-state index is 11.4. The third-order valence-corrected chi connectivity index (χ3v) is 4.50. The minimum atomic E-state index is -0.335. The lowest BCUT2D eigenvalue weighted by Crippen LogP contribution is -2.44. The molecular formula is C14H26N2O3. The van der Waals surface area contributed by atoms with Gasteiger partial charge in [0.25, 0.3) is 0 Å². The van der Waals surface area contributed by atoms with Crippen LogP contribution in [0.1, 0.15) is 45.4 Å². The van der Waals surface area contributed by atoms with E-state index in [0.717, 1.165) is 45.1 Å². The second-order valence-corrected chi connectivity index (χ2v) is 5.81. The van der Waals surface area contributed by atoms with Crippen LogP contribution in [-0.4, -0.2) is 47.4 Å². The van der Waals surface area contributed by atoms with Crippen LogP contribution in [0, 0.1) is 5.92 Å². The highest BCUT2D eigenvalue weighted by Crippen LogP contribution is 2.28. The second kappa shape index (κ2) is 6.57. The third kappa shape index (κ3) is 3.60. The molecule has 0 aromatic carbocycles. The summed E-state index contributed by atoms with van der Waals surface area (Å²) in [5.74, 6) is 0.420. The fourth-order valence-electron chi connectivity index (χ4n) is 3.22. The van der Waals surface area contributed by atoms with Gasteiger partial charge in [0.2, 0.25) is 0 Å². The number of nitrogens with zero attached hydrogens (tertiary/aromatic N) is 1. The van der Waals surface area contributed by atoms with Crippen LogP contribution < -0.4 is 5.73 Å². The third-order valence-electron chi connectivity index (χ3n) is 4.50. The van der Waals surface area contributed by atoms with Crippen LogP contribution in [-0.2, 0) is 4.74 Å². The highest BCUT2D eigenvalue weighted by molar-refractivity contribution is 5.69. The predicted molar refractivity (Wildman–Crippen MR) is 72.7 cm³/mol. The van der Waals surface area contributed by atoms with Gasteiger partial charge >= 0.3 is 6.09 Å². The lowest BCUT2D eigenvalue weighted by Gasteiger charge is -2.33. The van der Waals surface area contributed by atoms with Crippen LogP contribution in [0.15, 0.2) is 0 Å². The van der Waals surface area contributed by atoms with E-state index in [2.05, 4.69) is 0 Å². The summed E-state index contributed by atoms with van der Waals surface area (Å²) >= 11 is 0. The second-order valence-electron chi connectivity index (χ2n) is 5.81. The van der Waals surface area contributed by atoms with E-state index in [1.807, 2.05) is 6.92 Å². The summed E-state index contributed by atoms with van der Waals surface area (Å²) in [5.41, 5.74) is 6.04. The molecule has 5 heteroatoms. The number of rotatable bonds is 5. The average Bonchev–Trinajstić information content (AvgIpc) is 2.75. The van der Waals surface area contributed by atoms with Gasteiger partial charge in [0, 0.05) is 12.6 Å². The molecule has 1 aliphatic carbocycles. The van der Waals surface area contributed by atoms with Gasteiger partial charge in [-0.1, -0.05) is 6.42 Å². The van der Waals surface area contributed by atoms with Gasteiger partial charge in [-0.2, -0.15) is 0 Å². The number of hydrogen-bond acceptors (Lipinski definition) is 4. The quantitative estimate of drug-likeness (QED) is 0.793. The molecule has 19 heavy (non-hydrogen) atoms. The predicted octanol–water partition coefficient (Wildman–Crippen LogP) is 1.49. The van der Waals surface area contributed by atoms with E-state index in [1.54, 1.807) is 4.90 Å². The van der Waals surface area contributed by atoms with Crippen LogP contribution >= 0.6 is 0 Å². The van der Waals surface area contributed by atoms with Crippen LogP contribution in [0.4, 0.5) is 4.79 Å². The topological polar surface area (TPSA) is 75.8 Å². The monoisotopic (exact) mass is 270 g/mol. The number of nitrogens with two attached hydrogens (primary N) is 1. The molecule has 5 nitrogen and oxygen atoms in total. The van der Waals surface area contributed by atoms with Gasteiger partial charge in [0.1, 0.15) is 6.10 Å². The Morgan fingerprint density at radius 3 is 2.89 bits per heavy atom. The first-order valence-corrected chi connectivity index (χ1v) is 7.51. The van der Waals surface area contributed by atoms with Gasteiger partial charge in [0.05, 0.1) is 12.6 Å². The first kappa shape index (κ1) is 14.6. The number of carbonyl (C=O) groups excluding carboxylic acids is 1. The van der Waals surface area contributed by atoms with Crippen molar-refractivity contribution < 1.29 is 14.6 Å². The first-order valence-electron chi connectivity index (χ1n) is 7.51. The van der Waals surface area contributed by atoms with Gasteiger partial charge in [-0.3, -0.25) is 0 Å². The number of aliphatic hydroxyl groups is 1. The Kier molecular flexibility index (Phi) is 5.05. The highest BCUT2D eigenvalue weighted by atomic mass is 16.6. The summed E-state index contributed by atoms with van der Waals surface area (Å²) in [4.78, 5) is 13.2. The van der Waals surface area contributed by atoms with Crippen molar-refractivity contribution >= 4 is 6.09 Å². The van der Waals surface area contributed by atoms with Crippen molar-refractivity contribution in [1.82, 2.24) is 4.90 Å². The maximum Gasteiger partial charge on any atom is 0.410 e. The zero-order valence-corrected chi connectivity index (χ0v) is 11.8. The van der Waals surface area contributed by atoms with E-state index in [4.69, 9.17) is 10.5 Å². The van der Waals surface area contributed by atoms with Crippen molar-refractivity contribution in [2.24, 2.45) is 11.7 Å². The number of hydrogen-bond donors (Lipinski definition) is 2. The molecule has 1 saturated heterocycles. The minimum Gasteiger partial charge on any atom is -0.444 e. The molecular weight excluding hydrogens is 244 g/mol. The van der Waals surface area contributed by atoms with Crippen LogP contribution in [0.2, 0.25) is 0 Å². The molecule has 0 radical (unpaired) electrons. The zero-order valence-electron chi connectivity index (χ0n) is 11.8. The van der Waals surface area contributed by atoms with Gasteiger partial charge in [-0.05, 0) is 44.9 Å². The van der Waals surface area contributed by atoms with Crippen molar-refractivity contribution in [3.63, 3.8) is 0 Å². The fraction of sp³-hybridized carbons (Fsp3) is 0.929. The molecule has 3 N–H and O–H groups in total. The molecule has 4 atom stereocenters. The molecule has 0 bridgehead atoms. The number of amides is 1. The van der Waals surface area contributed by atoms with Crippen molar-refractivity contribution in [2.75, 3.05) is 13.1 Å². The Labute approximate surface area is 115 Å². The molecule has 1 aliphatic heterocycles. The summed E-state index contributed by atoms with van der Waals surface area (Å²) in [6, 6.07) is -0.0768. The Morgan fingerprint density at radius 2 is 2.21 bits per heavy atom. The maximum absolute atomic E-state index is 11.4. The summed E-state index contributed by atoms with van der Waals surface area (Å²) < 4.78 is 5.31. The van der Waals surface area contributed by atoms with E-state index >= 15 is 0 Å². The molecule has 2 aliphatic rings. The van der Waals surface area contributed by atoms with Crippen LogP contribution in [0.3, 0.4) is 0 Å². The lowest BCUT2D eigenvalue weighted by atomic mass is 9.80. The summed E-state index contributed by atoms with van der Waals surface area (Å²) in [5, 5.41) is 9.76. The van der Waals surface area contributed by atoms with Crippen molar-refractivity contribution in [2.45, 2.75) is 63.7 Å². The fourth-order valence-corrected chi connectivity index (χ4v) is 3.22. The lowest BCUT2D eigenvalue weighted by molar-refractivity contribution is 0.0707. The summed E-state index contributed by atoms with van der Waals surface area (Å²) in [6.45, 7) is 3.40. The van der Waals surface area contributed by atoms with Crippen LogP contribution in [0.5, 0.6) is 0 Å². The molecule has 0 spiro atoms. The van der Waals surface area contributed by atoms with Gasteiger partial charge in [-0.15, -0.1) is 0 Å². The number of carbonyl (C=O) groups is 1. The normalized spacial score (nSPS) is 35.5. The molecule has 1 heterocycles. The van der Waals surface area contributed by atoms with Crippen molar-refractivity contribution in [1.29, 1.82) is 0 Å². The Balaban J connectivity index is 1.68. The van der Waals surface area contributed by atoms with Crippen molar-refractivity contribution in [3.05, 3.63) is 0 Å². The molecule has 1 saturated carbocycles. The molecule has 110 valence electrons. The van der Waals surface area contributed by atoms with Gasteiger partial charge in [-0.25, -0.2) is 4.79 Å². The Hall–Kier alpha value is -0.810. The van der Waals surface area contributed by atoms with E-state index < -0.39 is 0 Å². The minimum absolute atomic E-state index is 0.0391. The molecule has 3 unspecified atom stereocenters. The van der Waals surface area contributed by atoms with E-state index in [1.165, 1.54) is 0 Å². The molecule has 0 aromatic rings. The Bertz CT molecular complexity index is 311. The standard InChI is InChI=1S/C14H26N2O3/c1-2-16-9-11(19-14(16)18)7-3-5-10-6-4-8-12(17)13(10)15/h10-13,17H,2-9,15H2,1H3/t10?,11-,12?,13?/m1/s1. The SMILES string of the molecule is CCN1C[C@@H](CCCC2CCCC(O)C2N)OC1=O. The highest BCUT2D eigenvalue weighted by Gasteiger charge is 2.31.